The van der Waals surface area contributed by atoms with E-state index in [-0.39, 0.29) is 5.41 Å². The van der Waals surface area contributed by atoms with Gasteiger partial charge in [0.05, 0.1) is 0 Å². The molecule has 0 spiro atoms. The first-order chi connectivity index (χ1) is 9.44. The number of Topliss-reactive ketones (excluding diaryl/α,β-unsaturated/α-hetero) is 1. The third kappa shape index (κ3) is 3.13. The maximum atomic E-state index is 13.0. The summed E-state index contributed by atoms with van der Waals surface area (Å²) in [5.41, 5.74) is 3.75. The monoisotopic (exact) mass is 272 g/mol. The quantitative estimate of drug-likeness (QED) is 0.735. The molecule has 1 fully saturated rings. The Labute approximate surface area is 123 Å². The van der Waals surface area contributed by atoms with E-state index < -0.39 is 0 Å². The summed E-state index contributed by atoms with van der Waals surface area (Å²) >= 11 is 0. The van der Waals surface area contributed by atoms with Crippen LogP contribution in [0.5, 0.6) is 0 Å². The second-order valence-electron chi connectivity index (χ2n) is 7.06. The van der Waals surface area contributed by atoms with Crippen LogP contribution in [0.2, 0.25) is 0 Å². The first-order valence-electron chi connectivity index (χ1n) is 8.03. The van der Waals surface area contributed by atoms with Gasteiger partial charge in [-0.15, -0.1) is 0 Å². The van der Waals surface area contributed by atoms with Crippen LogP contribution in [0, 0.1) is 25.2 Å². The molecule has 110 valence electrons. The van der Waals surface area contributed by atoms with Crippen molar-refractivity contribution in [2.75, 3.05) is 0 Å². The van der Waals surface area contributed by atoms with Crippen LogP contribution in [-0.2, 0) is 11.2 Å². The average Bonchev–Trinajstić information content (AvgIpc) is 2.82. The van der Waals surface area contributed by atoms with Crippen LogP contribution < -0.4 is 0 Å². The summed E-state index contributed by atoms with van der Waals surface area (Å²) in [6, 6.07) is 6.33. The van der Waals surface area contributed by atoms with Crippen LogP contribution in [0.4, 0.5) is 0 Å². The Morgan fingerprint density at radius 1 is 1.15 bits per heavy atom. The molecule has 0 aromatic heterocycles. The van der Waals surface area contributed by atoms with Crippen molar-refractivity contribution in [2.45, 2.75) is 66.2 Å². The summed E-state index contributed by atoms with van der Waals surface area (Å²) < 4.78 is 0. The first kappa shape index (κ1) is 15.3. The van der Waals surface area contributed by atoms with E-state index in [9.17, 15) is 4.79 Å². The zero-order valence-corrected chi connectivity index (χ0v) is 13.5. The minimum atomic E-state index is -0.0249. The molecule has 1 nitrogen and oxygen atoms in total. The molecule has 20 heavy (non-hydrogen) atoms. The van der Waals surface area contributed by atoms with Gasteiger partial charge in [0.1, 0.15) is 5.78 Å². The third-order valence-corrected chi connectivity index (χ3v) is 4.93. The Balaban J connectivity index is 2.21. The summed E-state index contributed by atoms with van der Waals surface area (Å²) in [5.74, 6) is 1.09. The van der Waals surface area contributed by atoms with E-state index in [1.807, 2.05) is 0 Å². The van der Waals surface area contributed by atoms with E-state index in [2.05, 4.69) is 45.9 Å². The van der Waals surface area contributed by atoms with Gasteiger partial charge < -0.3 is 0 Å². The number of carbonyl (C=O) groups excluding carboxylic acids is 1. The first-order valence-corrected chi connectivity index (χ1v) is 8.03. The molecule has 1 aromatic rings. The van der Waals surface area contributed by atoms with E-state index in [1.165, 1.54) is 29.5 Å². The predicted molar refractivity (Wildman–Crippen MR) is 85.0 cm³/mol. The molecule has 0 bridgehead atoms. The van der Waals surface area contributed by atoms with Gasteiger partial charge in [0.25, 0.3) is 0 Å². The summed E-state index contributed by atoms with van der Waals surface area (Å²) in [6.45, 7) is 8.73. The Hall–Kier alpha value is -1.11. The van der Waals surface area contributed by atoms with Crippen molar-refractivity contribution in [1.82, 2.24) is 0 Å². The number of hydrogen-bond acceptors (Lipinski definition) is 1. The van der Waals surface area contributed by atoms with Crippen LogP contribution in [0.15, 0.2) is 18.2 Å². The molecule has 0 amide bonds. The number of ketones is 1. The smallest absolute Gasteiger partial charge is 0.143 e. The third-order valence-electron chi connectivity index (χ3n) is 4.93. The van der Waals surface area contributed by atoms with Crippen molar-refractivity contribution in [3.8, 4) is 0 Å². The van der Waals surface area contributed by atoms with Crippen molar-refractivity contribution in [3.05, 3.63) is 34.9 Å². The number of aryl methyl sites for hydroxylation is 2. The average molecular weight is 272 g/mol. The molecule has 1 saturated carbocycles. The molecule has 1 aliphatic rings. The topological polar surface area (TPSA) is 17.1 Å². The fraction of sp³-hybridized carbons (Fsp3) is 0.632. The zero-order chi connectivity index (χ0) is 14.8. The molecule has 1 aromatic carbocycles. The molecule has 2 rings (SSSR count). The molecule has 0 aliphatic heterocycles. The van der Waals surface area contributed by atoms with Crippen molar-refractivity contribution < 1.29 is 4.79 Å². The maximum absolute atomic E-state index is 13.0. The molecule has 0 radical (unpaired) electrons. The normalized spacial score (nSPS) is 17.6. The molecular weight excluding hydrogens is 244 g/mol. The van der Waals surface area contributed by atoms with Gasteiger partial charge in [-0.2, -0.15) is 0 Å². The van der Waals surface area contributed by atoms with Gasteiger partial charge in [0, 0.05) is 11.8 Å². The highest BCUT2D eigenvalue weighted by atomic mass is 16.1. The highest BCUT2D eigenvalue weighted by Gasteiger charge is 2.40. The Bertz CT molecular complexity index is 458. The van der Waals surface area contributed by atoms with Gasteiger partial charge in [-0.1, -0.05) is 44.9 Å². The Morgan fingerprint density at radius 2 is 1.70 bits per heavy atom. The van der Waals surface area contributed by atoms with Crippen LogP contribution >= 0.6 is 0 Å². The molecule has 1 heteroatoms. The van der Waals surface area contributed by atoms with E-state index in [0.29, 0.717) is 18.1 Å². The minimum absolute atomic E-state index is 0.0249. The fourth-order valence-corrected chi connectivity index (χ4v) is 3.91. The van der Waals surface area contributed by atoms with Crippen molar-refractivity contribution >= 4 is 5.78 Å². The summed E-state index contributed by atoms with van der Waals surface area (Å²) in [4.78, 5) is 13.0. The van der Waals surface area contributed by atoms with Crippen molar-refractivity contribution in [1.29, 1.82) is 0 Å². The van der Waals surface area contributed by atoms with Crippen LogP contribution in [0.3, 0.4) is 0 Å². The minimum Gasteiger partial charge on any atom is -0.299 e. The maximum Gasteiger partial charge on any atom is 0.143 e. The highest BCUT2D eigenvalue weighted by Crippen LogP contribution is 2.44. The lowest BCUT2D eigenvalue weighted by Crippen LogP contribution is -2.31. The van der Waals surface area contributed by atoms with Gasteiger partial charge in [-0.25, -0.2) is 0 Å². The summed E-state index contributed by atoms with van der Waals surface area (Å²) in [7, 11) is 0. The summed E-state index contributed by atoms with van der Waals surface area (Å²) in [5, 5.41) is 0. The number of benzene rings is 1. The van der Waals surface area contributed by atoms with Gasteiger partial charge in [-0.3, -0.25) is 4.79 Å². The molecule has 0 atom stereocenters. The molecule has 0 heterocycles. The lowest BCUT2D eigenvalue weighted by Gasteiger charge is -2.30. The molecule has 0 N–H and O–H groups in total. The lowest BCUT2D eigenvalue weighted by atomic mass is 9.73. The summed E-state index contributed by atoms with van der Waals surface area (Å²) in [6.07, 6.45) is 6.36. The molecule has 0 unspecified atom stereocenters. The zero-order valence-electron chi connectivity index (χ0n) is 13.5. The lowest BCUT2D eigenvalue weighted by molar-refractivity contribution is -0.128. The van der Waals surface area contributed by atoms with E-state index in [4.69, 9.17) is 0 Å². The fourth-order valence-electron chi connectivity index (χ4n) is 3.91. The SMILES string of the molecule is Cc1cccc(C)c1CC(=O)C1(CC(C)C)CCCC1. The predicted octanol–water partition coefficient (Wildman–Crippen LogP) is 5.02. The van der Waals surface area contributed by atoms with Gasteiger partial charge in [0.15, 0.2) is 0 Å². The molecular formula is C19H28O. The van der Waals surface area contributed by atoms with Crippen molar-refractivity contribution in [2.24, 2.45) is 11.3 Å². The standard InChI is InChI=1S/C19H28O/c1-14(2)13-19(10-5-6-11-19)18(20)12-17-15(3)8-7-9-16(17)4/h7-9,14H,5-6,10-13H2,1-4H3. The van der Waals surface area contributed by atoms with Crippen LogP contribution in [0.25, 0.3) is 0 Å². The van der Waals surface area contributed by atoms with Crippen LogP contribution in [-0.4, -0.2) is 5.78 Å². The van der Waals surface area contributed by atoms with Gasteiger partial charge in [0.2, 0.25) is 0 Å². The highest BCUT2D eigenvalue weighted by molar-refractivity contribution is 5.87. The Kier molecular flexibility index (Phi) is 4.67. The van der Waals surface area contributed by atoms with E-state index in [1.54, 1.807) is 0 Å². The van der Waals surface area contributed by atoms with Crippen molar-refractivity contribution in [3.63, 3.8) is 0 Å². The second kappa shape index (κ2) is 6.11. The number of rotatable bonds is 5. The van der Waals surface area contributed by atoms with Gasteiger partial charge in [-0.05, 0) is 55.7 Å². The molecule has 0 saturated heterocycles. The van der Waals surface area contributed by atoms with E-state index in [0.717, 1.165) is 19.3 Å². The number of hydrogen-bond donors (Lipinski definition) is 0. The largest absolute Gasteiger partial charge is 0.299 e. The molecule has 1 aliphatic carbocycles. The number of carbonyl (C=O) groups is 1. The Morgan fingerprint density at radius 3 is 2.20 bits per heavy atom. The van der Waals surface area contributed by atoms with Gasteiger partial charge >= 0.3 is 0 Å². The van der Waals surface area contributed by atoms with E-state index >= 15 is 0 Å². The van der Waals surface area contributed by atoms with Crippen LogP contribution in [0.1, 0.15) is 62.6 Å². The second-order valence-corrected chi connectivity index (χ2v) is 7.06.